The van der Waals surface area contributed by atoms with Gasteiger partial charge in [-0.05, 0) is 35.0 Å². The van der Waals surface area contributed by atoms with Crippen LogP contribution in [0, 0.1) is 6.07 Å². The van der Waals surface area contributed by atoms with Gasteiger partial charge in [0, 0.05) is 19.6 Å². The molecule has 1 aliphatic heterocycles. The third-order valence-corrected chi connectivity index (χ3v) is 3.44. The first-order valence-electron chi connectivity index (χ1n) is 6.74. The molecule has 0 aliphatic carbocycles. The van der Waals surface area contributed by atoms with Crippen molar-refractivity contribution >= 4 is 10.8 Å². The molecule has 0 atom stereocenters. The molecule has 1 fully saturated rings. The summed E-state index contributed by atoms with van der Waals surface area (Å²) in [6.07, 6.45) is 0. The number of fused-ring (bicyclic) bond motifs is 1. The highest BCUT2D eigenvalue weighted by Gasteiger charge is 2.09. The average Bonchev–Trinajstić information content (AvgIpc) is 2.48. The number of nitrogens with zero attached hydrogens (tertiary/aromatic N) is 1. The highest BCUT2D eigenvalue weighted by molar-refractivity contribution is 5.83. The van der Waals surface area contributed by atoms with Gasteiger partial charge in [-0.1, -0.05) is 18.2 Å². The molecule has 0 bridgehead atoms. The van der Waals surface area contributed by atoms with Gasteiger partial charge in [-0.2, -0.15) is 0 Å². The summed E-state index contributed by atoms with van der Waals surface area (Å²) >= 11 is 0. The standard InChI is InChI=1S/C16H18NO2/c1-2-4-15-13-16(6-5-14(15)3-1)19-12-9-17-7-10-18-11-8-17/h2-6,13H,7-12H2. The van der Waals surface area contributed by atoms with E-state index in [1.54, 1.807) is 0 Å². The molecule has 0 amide bonds. The summed E-state index contributed by atoms with van der Waals surface area (Å²) < 4.78 is 11.2. The molecule has 19 heavy (non-hydrogen) atoms. The van der Waals surface area contributed by atoms with Gasteiger partial charge in [0.15, 0.2) is 0 Å². The van der Waals surface area contributed by atoms with Gasteiger partial charge in [-0.3, -0.25) is 4.90 Å². The SMILES string of the molecule is [c]1ccc2cc(OCCN3CCOCC3)ccc2c1. The Labute approximate surface area is 113 Å². The van der Waals surface area contributed by atoms with E-state index >= 15 is 0 Å². The van der Waals surface area contributed by atoms with Crippen molar-refractivity contribution < 1.29 is 9.47 Å². The van der Waals surface area contributed by atoms with E-state index in [1.807, 2.05) is 18.2 Å². The Bertz CT molecular complexity index is 535. The number of hydrogen-bond acceptors (Lipinski definition) is 3. The van der Waals surface area contributed by atoms with E-state index in [9.17, 15) is 0 Å². The topological polar surface area (TPSA) is 21.7 Å². The van der Waals surface area contributed by atoms with Crippen molar-refractivity contribution in [1.29, 1.82) is 0 Å². The van der Waals surface area contributed by atoms with Crippen LogP contribution < -0.4 is 4.74 Å². The predicted octanol–water partition coefficient (Wildman–Crippen LogP) is 2.35. The first-order chi connectivity index (χ1) is 9.42. The molecule has 1 heterocycles. The van der Waals surface area contributed by atoms with Gasteiger partial charge in [-0.25, -0.2) is 0 Å². The van der Waals surface area contributed by atoms with Gasteiger partial charge < -0.3 is 9.47 Å². The van der Waals surface area contributed by atoms with Gasteiger partial charge in [0.2, 0.25) is 0 Å². The maximum absolute atomic E-state index is 5.82. The highest BCUT2D eigenvalue weighted by atomic mass is 16.5. The zero-order valence-electron chi connectivity index (χ0n) is 11.0. The van der Waals surface area contributed by atoms with Crippen LogP contribution in [-0.4, -0.2) is 44.4 Å². The molecule has 3 nitrogen and oxygen atoms in total. The summed E-state index contributed by atoms with van der Waals surface area (Å²) in [5, 5.41) is 2.39. The number of morpholine rings is 1. The van der Waals surface area contributed by atoms with Gasteiger partial charge in [-0.15, -0.1) is 0 Å². The van der Waals surface area contributed by atoms with E-state index in [0.29, 0.717) is 0 Å². The Morgan fingerprint density at radius 2 is 2.05 bits per heavy atom. The zero-order chi connectivity index (χ0) is 12.9. The lowest BCUT2D eigenvalue weighted by Gasteiger charge is -2.26. The molecule has 1 saturated heterocycles. The van der Waals surface area contributed by atoms with Gasteiger partial charge in [0.25, 0.3) is 0 Å². The van der Waals surface area contributed by atoms with Crippen LogP contribution in [0.15, 0.2) is 36.4 Å². The van der Waals surface area contributed by atoms with E-state index < -0.39 is 0 Å². The Morgan fingerprint density at radius 3 is 2.95 bits per heavy atom. The molecule has 0 unspecified atom stereocenters. The van der Waals surface area contributed by atoms with E-state index in [-0.39, 0.29) is 0 Å². The lowest BCUT2D eigenvalue weighted by atomic mass is 10.1. The summed E-state index contributed by atoms with van der Waals surface area (Å²) in [5.74, 6) is 0.937. The second-order valence-corrected chi connectivity index (χ2v) is 4.74. The maximum Gasteiger partial charge on any atom is 0.120 e. The number of rotatable bonds is 4. The maximum atomic E-state index is 5.82. The number of hydrogen-bond donors (Lipinski definition) is 0. The fraction of sp³-hybridized carbons (Fsp3) is 0.375. The van der Waals surface area contributed by atoms with Crippen molar-refractivity contribution in [2.24, 2.45) is 0 Å². The summed E-state index contributed by atoms with van der Waals surface area (Å²) in [7, 11) is 0. The molecule has 1 radical (unpaired) electrons. The molecule has 2 aromatic carbocycles. The summed E-state index contributed by atoms with van der Waals surface area (Å²) in [6, 6.07) is 15.3. The van der Waals surface area contributed by atoms with E-state index in [4.69, 9.17) is 9.47 Å². The van der Waals surface area contributed by atoms with Gasteiger partial charge >= 0.3 is 0 Å². The van der Waals surface area contributed by atoms with Crippen LogP contribution in [-0.2, 0) is 4.74 Å². The molecule has 0 N–H and O–H groups in total. The first kappa shape index (κ1) is 12.5. The molecule has 0 spiro atoms. The average molecular weight is 256 g/mol. The molecule has 0 aromatic heterocycles. The van der Waals surface area contributed by atoms with E-state index in [2.05, 4.69) is 29.2 Å². The van der Waals surface area contributed by atoms with Gasteiger partial charge in [0.05, 0.1) is 13.2 Å². The summed E-state index contributed by atoms with van der Waals surface area (Å²) in [4.78, 5) is 2.37. The second kappa shape index (κ2) is 6.04. The van der Waals surface area contributed by atoms with Crippen molar-refractivity contribution in [3.05, 3.63) is 42.5 Å². The molecule has 3 heteroatoms. The van der Waals surface area contributed by atoms with Crippen LogP contribution in [0.4, 0.5) is 0 Å². The van der Waals surface area contributed by atoms with Crippen molar-refractivity contribution in [2.75, 3.05) is 39.5 Å². The Morgan fingerprint density at radius 1 is 1.16 bits per heavy atom. The third kappa shape index (κ3) is 3.25. The van der Waals surface area contributed by atoms with Crippen LogP contribution in [0.3, 0.4) is 0 Å². The van der Waals surface area contributed by atoms with Crippen LogP contribution in [0.1, 0.15) is 0 Å². The Kier molecular flexibility index (Phi) is 3.96. The minimum Gasteiger partial charge on any atom is -0.492 e. The van der Waals surface area contributed by atoms with Crippen LogP contribution in [0.5, 0.6) is 5.75 Å². The first-order valence-corrected chi connectivity index (χ1v) is 6.74. The van der Waals surface area contributed by atoms with E-state index in [0.717, 1.165) is 45.2 Å². The molecular weight excluding hydrogens is 238 g/mol. The lowest BCUT2D eigenvalue weighted by molar-refractivity contribution is 0.0322. The van der Waals surface area contributed by atoms with Crippen molar-refractivity contribution in [3.63, 3.8) is 0 Å². The van der Waals surface area contributed by atoms with Crippen molar-refractivity contribution in [3.8, 4) is 5.75 Å². The monoisotopic (exact) mass is 256 g/mol. The molecule has 1 aliphatic rings. The fourth-order valence-corrected chi connectivity index (χ4v) is 2.31. The summed E-state index contributed by atoms with van der Waals surface area (Å²) in [6.45, 7) is 5.39. The van der Waals surface area contributed by atoms with Crippen LogP contribution >= 0.6 is 0 Å². The molecule has 2 aromatic rings. The quantitative estimate of drug-likeness (QED) is 0.838. The zero-order valence-corrected chi connectivity index (χ0v) is 11.0. The second-order valence-electron chi connectivity index (χ2n) is 4.74. The third-order valence-electron chi connectivity index (χ3n) is 3.44. The molecule has 3 rings (SSSR count). The predicted molar refractivity (Wildman–Crippen MR) is 75.5 cm³/mol. The number of benzene rings is 2. The normalized spacial score (nSPS) is 16.6. The minimum atomic E-state index is 0.727. The van der Waals surface area contributed by atoms with Crippen LogP contribution in [0.2, 0.25) is 0 Å². The molecule has 0 saturated carbocycles. The van der Waals surface area contributed by atoms with Crippen molar-refractivity contribution in [1.82, 2.24) is 4.90 Å². The minimum absolute atomic E-state index is 0.727. The molecular formula is C16H18NO2. The molecule has 99 valence electrons. The van der Waals surface area contributed by atoms with Crippen molar-refractivity contribution in [2.45, 2.75) is 0 Å². The largest absolute Gasteiger partial charge is 0.492 e. The smallest absolute Gasteiger partial charge is 0.120 e. The van der Waals surface area contributed by atoms with E-state index in [1.165, 1.54) is 10.8 Å². The Hall–Kier alpha value is -1.58. The number of ether oxygens (including phenoxy) is 2. The summed E-state index contributed by atoms with van der Waals surface area (Å²) in [5.41, 5.74) is 0. The van der Waals surface area contributed by atoms with Crippen LogP contribution in [0.25, 0.3) is 10.8 Å². The van der Waals surface area contributed by atoms with Gasteiger partial charge in [0.1, 0.15) is 12.4 Å². The lowest BCUT2D eigenvalue weighted by Crippen LogP contribution is -2.38. The fourth-order valence-electron chi connectivity index (χ4n) is 2.31. The Balaban J connectivity index is 1.56. The highest BCUT2D eigenvalue weighted by Crippen LogP contribution is 2.20.